The van der Waals surface area contributed by atoms with E-state index in [0.29, 0.717) is 5.92 Å². The summed E-state index contributed by atoms with van der Waals surface area (Å²) in [5.41, 5.74) is 0. The van der Waals surface area contributed by atoms with Gasteiger partial charge in [0, 0.05) is 0 Å². The van der Waals surface area contributed by atoms with E-state index in [0.717, 1.165) is 12.8 Å². The lowest BCUT2D eigenvalue weighted by molar-refractivity contribution is 0.0998. The molecule has 0 radical (unpaired) electrons. The van der Waals surface area contributed by atoms with Crippen LogP contribution in [0.1, 0.15) is 59.3 Å². The fourth-order valence-electron chi connectivity index (χ4n) is 1.54. The Morgan fingerprint density at radius 2 is 1.67 bits per heavy atom. The predicted octanol–water partition coefficient (Wildman–Crippen LogP) is 3.36. The van der Waals surface area contributed by atoms with Gasteiger partial charge in [-0.15, -0.1) is 0 Å². The summed E-state index contributed by atoms with van der Waals surface area (Å²) >= 11 is 0. The van der Waals surface area contributed by atoms with E-state index in [-0.39, 0.29) is 6.10 Å². The summed E-state index contributed by atoms with van der Waals surface area (Å²) in [6, 6.07) is 0. The Bertz CT molecular complexity index is 91.0. The second kappa shape index (κ2) is 7.60. The monoisotopic (exact) mass is 172 g/mol. The van der Waals surface area contributed by atoms with Crippen LogP contribution in [0.15, 0.2) is 0 Å². The van der Waals surface area contributed by atoms with E-state index >= 15 is 0 Å². The first-order chi connectivity index (χ1) is 5.72. The average Bonchev–Trinajstić information content (AvgIpc) is 2.05. The highest BCUT2D eigenvalue weighted by Crippen LogP contribution is 2.15. The van der Waals surface area contributed by atoms with Crippen LogP contribution in [0.25, 0.3) is 0 Å². The molecule has 1 heteroatoms. The van der Waals surface area contributed by atoms with Crippen LogP contribution in [0.3, 0.4) is 0 Å². The lowest BCUT2D eigenvalue weighted by Gasteiger charge is -2.17. The quantitative estimate of drug-likeness (QED) is 0.584. The molecule has 0 rings (SSSR count). The van der Waals surface area contributed by atoms with Crippen molar-refractivity contribution >= 4 is 0 Å². The van der Waals surface area contributed by atoms with Crippen molar-refractivity contribution in [3.05, 3.63) is 0 Å². The van der Waals surface area contributed by atoms with Crippen molar-refractivity contribution in [1.82, 2.24) is 0 Å². The minimum Gasteiger partial charge on any atom is -0.393 e. The zero-order chi connectivity index (χ0) is 9.40. The molecule has 0 aromatic rings. The number of hydrogen-bond acceptors (Lipinski definition) is 1. The Morgan fingerprint density at radius 3 is 2.17 bits per heavy atom. The van der Waals surface area contributed by atoms with Gasteiger partial charge in [-0.1, -0.05) is 46.5 Å². The van der Waals surface area contributed by atoms with Crippen molar-refractivity contribution in [2.45, 2.75) is 65.4 Å². The standard InChI is InChI=1S/C11H24O/c1-4-6-7-9-11(12)10(3)8-5-2/h10-12H,4-9H2,1-3H3/t10-,11-/m0/s1. The molecule has 0 heterocycles. The molecule has 2 atom stereocenters. The van der Waals surface area contributed by atoms with Crippen molar-refractivity contribution in [2.75, 3.05) is 0 Å². The molecule has 0 saturated carbocycles. The van der Waals surface area contributed by atoms with Gasteiger partial charge in [-0.2, -0.15) is 0 Å². The molecule has 0 aliphatic rings. The Balaban J connectivity index is 3.35. The maximum Gasteiger partial charge on any atom is 0.0565 e. The molecule has 0 aliphatic carbocycles. The molecule has 0 spiro atoms. The van der Waals surface area contributed by atoms with Gasteiger partial charge in [-0.3, -0.25) is 0 Å². The van der Waals surface area contributed by atoms with Crippen LogP contribution in [0.2, 0.25) is 0 Å². The van der Waals surface area contributed by atoms with E-state index in [1.54, 1.807) is 0 Å². The summed E-state index contributed by atoms with van der Waals surface area (Å²) in [5, 5.41) is 9.68. The highest BCUT2D eigenvalue weighted by molar-refractivity contribution is 4.63. The van der Waals surface area contributed by atoms with Crippen LogP contribution >= 0.6 is 0 Å². The van der Waals surface area contributed by atoms with Gasteiger partial charge in [0.25, 0.3) is 0 Å². The SMILES string of the molecule is CCCCC[C@H](O)[C@@H](C)CCC. The van der Waals surface area contributed by atoms with Crippen molar-refractivity contribution in [3.63, 3.8) is 0 Å². The molecule has 0 unspecified atom stereocenters. The van der Waals surface area contributed by atoms with Gasteiger partial charge < -0.3 is 5.11 Å². The summed E-state index contributed by atoms with van der Waals surface area (Å²) in [7, 11) is 0. The average molecular weight is 172 g/mol. The lowest BCUT2D eigenvalue weighted by atomic mass is 9.95. The zero-order valence-electron chi connectivity index (χ0n) is 8.84. The number of rotatable bonds is 7. The highest BCUT2D eigenvalue weighted by Gasteiger charge is 2.11. The largest absolute Gasteiger partial charge is 0.393 e. The van der Waals surface area contributed by atoms with E-state index in [2.05, 4.69) is 20.8 Å². The fraction of sp³-hybridized carbons (Fsp3) is 1.00. The maximum absolute atomic E-state index is 9.68. The Kier molecular flexibility index (Phi) is 7.58. The third-order valence-corrected chi connectivity index (χ3v) is 2.50. The minimum atomic E-state index is -0.0588. The number of hydrogen-bond donors (Lipinski definition) is 1. The molecule has 0 bridgehead atoms. The van der Waals surface area contributed by atoms with Crippen LogP contribution in [-0.4, -0.2) is 11.2 Å². The molecular formula is C11H24O. The predicted molar refractivity (Wildman–Crippen MR) is 54.2 cm³/mol. The summed E-state index contributed by atoms with van der Waals surface area (Å²) in [6.45, 7) is 6.53. The van der Waals surface area contributed by atoms with Crippen molar-refractivity contribution in [3.8, 4) is 0 Å². The van der Waals surface area contributed by atoms with E-state index in [4.69, 9.17) is 0 Å². The van der Waals surface area contributed by atoms with Crippen LogP contribution in [-0.2, 0) is 0 Å². The van der Waals surface area contributed by atoms with Gasteiger partial charge in [0.2, 0.25) is 0 Å². The third kappa shape index (κ3) is 5.59. The van der Waals surface area contributed by atoms with Crippen molar-refractivity contribution in [1.29, 1.82) is 0 Å². The molecule has 0 aliphatic heterocycles. The maximum atomic E-state index is 9.68. The summed E-state index contributed by atoms with van der Waals surface area (Å²) in [6.07, 6.45) is 6.97. The second-order valence-electron chi connectivity index (χ2n) is 3.83. The van der Waals surface area contributed by atoms with Crippen molar-refractivity contribution < 1.29 is 5.11 Å². The third-order valence-electron chi connectivity index (χ3n) is 2.50. The summed E-state index contributed by atoms with van der Waals surface area (Å²) < 4.78 is 0. The molecule has 74 valence electrons. The summed E-state index contributed by atoms with van der Waals surface area (Å²) in [4.78, 5) is 0. The Labute approximate surface area is 77.2 Å². The van der Waals surface area contributed by atoms with Gasteiger partial charge >= 0.3 is 0 Å². The normalized spacial score (nSPS) is 16.0. The van der Waals surface area contributed by atoms with Gasteiger partial charge in [0.1, 0.15) is 0 Å². The fourth-order valence-corrected chi connectivity index (χ4v) is 1.54. The van der Waals surface area contributed by atoms with E-state index in [1.165, 1.54) is 25.7 Å². The number of aliphatic hydroxyl groups is 1. The second-order valence-corrected chi connectivity index (χ2v) is 3.83. The smallest absolute Gasteiger partial charge is 0.0565 e. The van der Waals surface area contributed by atoms with Gasteiger partial charge in [-0.25, -0.2) is 0 Å². The molecule has 0 saturated heterocycles. The Morgan fingerprint density at radius 1 is 1.00 bits per heavy atom. The van der Waals surface area contributed by atoms with Crippen LogP contribution in [0, 0.1) is 5.92 Å². The zero-order valence-corrected chi connectivity index (χ0v) is 8.84. The topological polar surface area (TPSA) is 20.2 Å². The molecule has 0 aromatic carbocycles. The molecule has 1 nitrogen and oxygen atoms in total. The first kappa shape index (κ1) is 12.0. The molecule has 12 heavy (non-hydrogen) atoms. The van der Waals surface area contributed by atoms with Crippen LogP contribution in [0.5, 0.6) is 0 Å². The first-order valence-corrected chi connectivity index (χ1v) is 5.40. The molecular weight excluding hydrogens is 148 g/mol. The Hall–Kier alpha value is -0.0400. The highest BCUT2D eigenvalue weighted by atomic mass is 16.3. The first-order valence-electron chi connectivity index (χ1n) is 5.40. The van der Waals surface area contributed by atoms with E-state index in [1.807, 2.05) is 0 Å². The van der Waals surface area contributed by atoms with E-state index in [9.17, 15) is 5.11 Å². The summed E-state index contributed by atoms with van der Waals surface area (Å²) in [5.74, 6) is 0.492. The van der Waals surface area contributed by atoms with E-state index < -0.39 is 0 Å². The number of aliphatic hydroxyl groups excluding tert-OH is 1. The van der Waals surface area contributed by atoms with Gasteiger partial charge in [0.15, 0.2) is 0 Å². The van der Waals surface area contributed by atoms with Crippen molar-refractivity contribution in [2.24, 2.45) is 5.92 Å². The van der Waals surface area contributed by atoms with Gasteiger partial charge in [-0.05, 0) is 18.8 Å². The molecule has 0 amide bonds. The minimum absolute atomic E-state index is 0.0588. The van der Waals surface area contributed by atoms with Crippen LogP contribution in [0.4, 0.5) is 0 Å². The lowest BCUT2D eigenvalue weighted by Crippen LogP contribution is -2.17. The molecule has 0 fully saturated rings. The number of unbranched alkanes of at least 4 members (excludes halogenated alkanes) is 2. The van der Waals surface area contributed by atoms with Crippen LogP contribution < -0.4 is 0 Å². The molecule has 1 N–H and O–H groups in total. The van der Waals surface area contributed by atoms with Gasteiger partial charge in [0.05, 0.1) is 6.10 Å². The molecule has 0 aromatic heterocycles.